The van der Waals surface area contributed by atoms with Crippen LogP contribution in [-0.2, 0) is 12.5 Å². The molecule has 0 aromatic heterocycles. The number of halogens is 7. The molecule has 182 valence electrons. The van der Waals surface area contributed by atoms with Crippen LogP contribution < -0.4 is 9.47 Å². The number of ether oxygens (including phenoxy) is 2. The van der Waals surface area contributed by atoms with Crippen LogP contribution in [0.25, 0.3) is 11.1 Å². The van der Waals surface area contributed by atoms with Crippen LogP contribution in [0.5, 0.6) is 11.5 Å². The summed E-state index contributed by atoms with van der Waals surface area (Å²) < 4.78 is 106. The lowest BCUT2D eigenvalue weighted by Gasteiger charge is -2.20. The Labute approximate surface area is 191 Å². The molecule has 0 aliphatic rings. The SMILES string of the molecule is CCCCCc1ccc(-c2cc(F)c(C(F)(F)Oc3cc(F)c(OCF)c(F)c3)c(F)c2)cc1. The molecular weight excluding hydrogens is 465 g/mol. The fourth-order valence-corrected chi connectivity index (χ4v) is 3.45. The molecule has 0 atom stereocenters. The molecule has 3 aromatic rings. The van der Waals surface area contributed by atoms with Gasteiger partial charge in [0.1, 0.15) is 22.9 Å². The van der Waals surface area contributed by atoms with E-state index in [4.69, 9.17) is 0 Å². The first-order chi connectivity index (χ1) is 16.2. The highest BCUT2D eigenvalue weighted by Crippen LogP contribution is 2.38. The van der Waals surface area contributed by atoms with Crippen molar-refractivity contribution in [3.05, 3.63) is 82.9 Å². The zero-order chi connectivity index (χ0) is 24.9. The Kier molecular flexibility index (Phi) is 8.06. The van der Waals surface area contributed by atoms with Gasteiger partial charge >= 0.3 is 6.11 Å². The Morgan fingerprint density at radius 2 is 1.35 bits per heavy atom. The summed E-state index contributed by atoms with van der Waals surface area (Å²) in [7, 11) is 0. The first-order valence-corrected chi connectivity index (χ1v) is 10.5. The summed E-state index contributed by atoms with van der Waals surface area (Å²) in [6.07, 6.45) is -0.619. The molecule has 0 saturated heterocycles. The standard InChI is InChI=1S/C25H21F7O2/c1-2-3-4-5-15-6-8-16(9-7-15)17-10-19(27)23(20(28)11-17)25(31,32)34-18-12-21(29)24(33-14-26)22(30)13-18/h6-13H,2-5,14H2,1H3. The molecule has 0 N–H and O–H groups in total. The molecule has 0 aliphatic heterocycles. The second-order valence-electron chi connectivity index (χ2n) is 7.56. The third kappa shape index (κ3) is 5.81. The predicted octanol–water partition coefficient (Wildman–Crippen LogP) is 8.08. The Morgan fingerprint density at radius 3 is 1.88 bits per heavy atom. The van der Waals surface area contributed by atoms with Crippen molar-refractivity contribution in [1.82, 2.24) is 0 Å². The van der Waals surface area contributed by atoms with Crippen LogP contribution >= 0.6 is 0 Å². The van der Waals surface area contributed by atoms with E-state index in [-0.39, 0.29) is 17.7 Å². The van der Waals surface area contributed by atoms with Gasteiger partial charge in [0.15, 0.2) is 17.4 Å². The number of hydrogen-bond donors (Lipinski definition) is 0. The Bertz CT molecular complexity index is 1080. The largest absolute Gasteiger partial charge is 0.457 e. The van der Waals surface area contributed by atoms with Crippen LogP contribution in [0.15, 0.2) is 48.5 Å². The zero-order valence-corrected chi connectivity index (χ0v) is 18.1. The van der Waals surface area contributed by atoms with Gasteiger partial charge in [-0.25, -0.2) is 22.0 Å². The highest BCUT2D eigenvalue weighted by molar-refractivity contribution is 5.64. The van der Waals surface area contributed by atoms with Crippen molar-refractivity contribution in [2.24, 2.45) is 0 Å². The smallest absolute Gasteiger partial charge is 0.432 e. The van der Waals surface area contributed by atoms with Gasteiger partial charge in [0.2, 0.25) is 6.86 Å². The molecule has 34 heavy (non-hydrogen) atoms. The molecular formula is C25H21F7O2. The van der Waals surface area contributed by atoms with E-state index < -0.39 is 53.3 Å². The molecule has 0 aliphatic carbocycles. The summed E-state index contributed by atoms with van der Waals surface area (Å²) in [5.74, 6) is -8.49. The summed E-state index contributed by atoms with van der Waals surface area (Å²) in [6, 6.07) is 8.88. The summed E-state index contributed by atoms with van der Waals surface area (Å²) >= 11 is 0. The molecule has 3 rings (SSSR count). The molecule has 0 fully saturated rings. The topological polar surface area (TPSA) is 18.5 Å². The first kappa shape index (κ1) is 25.4. The zero-order valence-electron chi connectivity index (χ0n) is 18.1. The third-order valence-electron chi connectivity index (χ3n) is 5.11. The maximum Gasteiger partial charge on any atom is 0.432 e. The minimum atomic E-state index is -4.61. The van der Waals surface area contributed by atoms with Crippen LogP contribution in [0.4, 0.5) is 30.7 Å². The van der Waals surface area contributed by atoms with Gasteiger partial charge in [0.05, 0.1) is 0 Å². The molecule has 2 nitrogen and oxygen atoms in total. The number of alkyl halides is 3. The molecule has 0 bridgehead atoms. The molecule has 0 spiro atoms. The highest BCUT2D eigenvalue weighted by atomic mass is 19.3. The van der Waals surface area contributed by atoms with E-state index in [1.165, 1.54) is 0 Å². The number of benzene rings is 3. The number of rotatable bonds is 10. The molecule has 3 aromatic carbocycles. The second-order valence-corrected chi connectivity index (χ2v) is 7.56. The number of unbranched alkanes of at least 4 members (excludes halogenated alkanes) is 2. The molecule has 0 amide bonds. The first-order valence-electron chi connectivity index (χ1n) is 10.5. The Morgan fingerprint density at radius 1 is 0.765 bits per heavy atom. The minimum absolute atomic E-state index is 0.0273. The maximum atomic E-state index is 14.6. The quantitative estimate of drug-likeness (QED) is 0.213. The van der Waals surface area contributed by atoms with Crippen LogP contribution in [-0.4, -0.2) is 6.86 Å². The normalized spacial score (nSPS) is 11.5. The molecule has 0 heterocycles. The summed E-state index contributed by atoms with van der Waals surface area (Å²) in [5, 5.41) is 0. The fraction of sp³-hybridized carbons (Fsp3) is 0.280. The van der Waals surface area contributed by atoms with Crippen molar-refractivity contribution in [2.45, 2.75) is 38.7 Å². The minimum Gasteiger partial charge on any atom is -0.457 e. The van der Waals surface area contributed by atoms with Gasteiger partial charge in [-0.3, -0.25) is 0 Å². The van der Waals surface area contributed by atoms with Gasteiger partial charge in [-0.15, -0.1) is 0 Å². The van der Waals surface area contributed by atoms with Crippen molar-refractivity contribution in [3.8, 4) is 22.6 Å². The van der Waals surface area contributed by atoms with Crippen molar-refractivity contribution in [1.29, 1.82) is 0 Å². The average molecular weight is 486 g/mol. The monoisotopic (exact) mass is 486 g/mol. The van der Waals surface area contributed by atoms with Crippen LogP contribution in [0.1, 0.15) is 37.3 Å². The fourth-order valence-electron chi connectivity index (χ4n) is 3.45. The van der Waals surface area contributed by atoms with Crippen molar-refractivity contribution < 1.29 is 40.2 Å². The van der Waals surface area contributed by atoms with E-state index in [0.717, 1.165) is 43.4 Å². The number of hydrogen-bond acceptors (Lipinski definition) is 2. The van der Waals surface area contributed by atoms with Crippen LogP contribution in [0.3, 0.4) is 0 Å². The van der Waals surface area contributed by atoms with E-state index in [2.05, 4.69) is 16.4 Å². The van der Waals surface area contributed by atoms with Gasteiger partial charge in [-0.05, 0) is 41.7 Å². The van der Waals surface area contributed by atoms with Gasteiger partial charge in [-0.2, -0.15) is 8.78 Å². The van der Waals surface area contributed by atoms with E-state index in [9.17, 15) is 30.7 Å². The van der Waals surface area contributed by atoms with E-state index in [1.807, 2.05) is 0 Å². The van der Waals surface area contributed by atoms with Gasteiger partial charge in [-0.1, -0.05) is 44.0 Å². The van der Waals surface area contributed by atoms with Crippen molar-refractivity contribution >= 4 is 0 Å². The summed E-state index contributed by atoms with van der Waals surface area (Å²) in [4.78, 5) is 0. The molecule has 9 heteroatoms. The lowest BCUT2D eigenvalue weighted by molar-refractivity contribution is -0.189. The van der Waals surface area contributed by atoms with E-state index >= 15 is 0 Å². The van der Waals surface area contributed by atoms with Gasteiger partial charge in [0, 0.05) is 12.1 Å². The van der Waals surface area contributed by atoms with E-state index in [0.29, 0.717) is 5.56 Å². The predicted molar refractivity (Wildman–Crippen MR) is 113 cm³/mol. The lowest BCUT2D eigenvalue weighted by atomic mass is 9.99. The van der Waals surface area contributed by atoms with Gasteiger partial charge in [0.25, 0.3) is 0 Å². The average Bonchev–Trinajstić information content (AvgIpc) is 2.76. The summed E-state index contributed by atoms with van der Waals surface area (Å²) in [5.41, 5.74) is -0.241. The number of aryl methyl sites for hydroxylation is 1. The van der Waals surface area contributed by atoms with Crippen molar-refractivity contribution in [3.63, 3.8) is 0 Å². The Hall–Kier alpha value is -3.23. The molecule has 0 saturated carbocycles. The summed E-state index contributed by atoms with van der Waals surface area (Å²) in [6.45, 7) is 0.523. The van der Waals surface area contributed by atoms with Crippen LogP contribution in [0, 0.1) is 23.3 Å². The molecule has 0 unspecified atom stereocenters. The van der Waals surface area contributed by atoms with Crippen molar-refractivity contribution in [2.75, 3.05) is 6.86 Å². The van der Waals surface area contributed by atoms with Gasteiger partial charge < -0.3 is 9.47 Å². The highest BCUT2D eigenvalue weighted by Gasteiger charge is 2.41. The third-order valence-corrected chi connectivity index (χ3v) is 5.11. The van der Waals surface area contributed by atoms with Crippen LogP contribution in [0.2, 0.25) is 0 Å². The second kappa shape index (κ2) is 10.8. The molecule has 0 radical (unpaired) electrons. The van der Waals surface area contributed by atoms with E-state index in [1.54, 1.807) is 24.3 Å². The Balaban J connectivity index is 1.85. The lowest BCUT2D eigenvalue weighted by Crippen LogP contribution is -2.25. The maximum absolute atomic E-state index is 14.6.